The van der Waals surface area contributed by atoms with E-state index in [1.807, 2.05) is 18.2 Å². The fourth-order valence-electron chi connectivity index (χ4n) is 2.52. The Hall–Kier alpha value is -2.36. The van der Waals surface area contributed by atoms with Crippen LogP contribution in [-0.2, 0) is 5.41 Å². The lowest BCUT2D eigenvalue weighted by molar-refractivity contribution is 0.0929. The first kappa shape index (κ1) is 12.7. The topological polar surface area (TPSA) is 59.3 Å². The van der Waals surface area contributed by atoms with Crippen LogP contribution < -0.4 is 5.32 Å². The number of aldehydes is 1. The third-order valence-electron chi connectivity index (χ3n) is 3.71. The van der Waals surface area contributed by atoms with Crippen molar-refractivity contribution in [3.63, 3.8) is 0 Å². The van der Waals surface area contributed by atoms with Crippen LogP contribution in [0, 0.1) is 0 Å². The van der Waals surface area contributed by atoms with Crippen molar-refractivity contribution in [2.24, 2.45) is 0 Å². The molecule has 0 fully saturated rings. The Bertz CT molecular complexity index is 697. The number of fused-ring (bicyclic) bond motifs is 1. The maximum atomic E-state index is 11.9. The number of carbonyl (C=O) groups excluding carboxylic acids is 2. The van der Waals surface area contributed by atoms with Gasteiger partial charge in [-0.25, -0.2) is 0 Å². The zero-order valence-corrected chi connectivity index (χ0v) is 11.4. The van der Waals surface area contributed by atoms with E-state index < -0.39 is 0 Å². The molecule has 2 heterocycles. The number of furan rings is 1. The Morgan fingerprint density at radius 2 is 2.05 bits per heavy atom. The van der Waals surface area contributed by atoms with E-state index in [1.54, 1.807) is 12.1 Å². The van der Waals surface area contributed by atoms with Gasteiger partial charge in [0.2, 0.25) is 0 Å². The third kappa shape index (κ3) is 1.93. The number of rotatable bonds is 2. The summed E-state index contributed by atoms with van der Waals surface area (Å²) < 4.78 is 5.44. The summed E-state index contributed by atoms with van der Waals surface area (Å²) >= 11 is 0. The second-order valence-electron chi connectivity index (χ2n) is 5.65. The minimum absolute atomic E-state index is 0.0427. The molecular formula is C16H15NO3. The van der Waals surface area contributed by atoms with Gasteiger partial charge in [-0.2, -0.15) is 0 Å². The van der Waals surface area contributed by atoms with Crippen molar-refractivity contribution in [2.45, 2.75) is 19.3 Å². The predicted octanol–water partition coefficient (Wildman–Crippen LogP) is 2.78. The molecule has 4 nitrogen and oxygen atoms in total. The van der Waals surface area contributed by atoms with Gasteiger partial charge in [-0.15, -0.1) is 0 Å². The smallest absolute Gasteiger partial charge is 0.251 e. The molecule has 1 aliphatic heterocycles. The van der Waals surface area contributed by atoms with E-state index >= 15 is 0 Å². The summed E-state index contributed by atoms with van der Waals surface area (Å²) in [6.07, 6.45) is 0.680. The molecule has 0 radical (unpaired) electrons. The molecule has 20 heavy (non-hydrogen) atoms. The standard InChI is InChI=1S/C16H15NO3/c1-16(2)9-17-15(19)12-5-3-10(7-13(12)16)14-6-4-11(8-18)20-14/h3-8H,9H2,1-2H3,(H,17,19). The van der Waals surface area contributed by atoms with Crippen LogP contribution in [0.25, 0.3) is 11.3 Å². The number of hydrogen-bond acceptors (Lipinski definition) is 3. The molecule has 0 bridgehead atoms. The maximum Gasteiger partial charge on any atom is 0.251 e. The lowest BCUT2D eigenvalue weighted by atomic mass is 9.78. The number of hydrogen-bond donors (Lipinski definition) is 1. The van der Waals surface area contributed by atoms with Gasteiger partial charge in [-0.3, -0.25) is 9.59 Å². The highest BCUT2D eigenvalue weighted by atomic mass is 16.3. The highest BCUT2D eigenvalue weighted by molar-refractivity contribution is 5.98. The molecule has 1 aliphatic rings. The second kappa shape index (κ2) is 4.34. The van der Waals surface area contributed by atoms with Crippen molar-refractivity contribution in [3.8, 4) is 11.3 Å². The highest BCUT2D eigenvalue weighted by Crippen LogP contribution is 2.33. The summed E-state index contributed by atoms with van der Waals surface area (Å²) in [4.78, 5) is 22.6. The number of nitrogens with one attached hydrogen (secondary N) is 1. The van der Waals surface area contributed by atoms with Crippen LogP contribution >= 0.6 is 0 Å². The Labute approximate surface area is 116 Å². The fourth-order valence-corrected chi connectivity index (χ4v) is 2.52. The van der Waals surface area contributed by atoms with E-state index in [2.05, 4.69) is 19.2 Å². The summed E-state index contributed by atoms with van der Waals surface area (Å²) in [6.45, 7) is 4.79. The molecule has 0 aliphatic carbocycles. The van der Waals surface area contributed by atoms with Gasteiger partial charge < -0.3 is 9.73 Å². The number of carbonyl (C=O) groups is 2. The van der Waals surface area contributed by atoms with E-state index in [0.29, 0.717) is 29.9 Å². The quantitative estimate of drug-likeness (QED) is 0.853. The zero-order chi connectivity index (χ0) is 14.3. The second-order valence-corrected chi connectivity index (χ2v) is 5.65. The molecule has 0 saturated carbocycles. The SMILES string of the molecule is CC1(C)CNC(=O)c2ccc(-c3ccc(C=O)o3)cc21. The van der Waals surface area contributed by atoms with Crippen molar-refractivity contribution >= 4 is 12.2 Å². The summed E-state index contributed by atoms with van der Waals surface area (Å²) in [6, 6.07) is 9.03. The lowest BCUT2D eigenvalue weighted by Crippen LogP contribution is -2.43. The average molecular weight is 269 g/mol. The molecule has 1 aromatic heterocycles. The Morgan fingerprint density at radius 3 is 2.75 bits per heavy atom. The summed E-state index contributed by atoms with van der Waals surface area (Å²) in [5.41, 5.74) is 2.45. The van der Waals surface area contributed by atoms with Gasteiger partial charge >= 0.3 is 0 Å². The van der Waals surface area contributed by atoms with E-state index in [0.717, 1.165) is 11.1 Å². The molecule has 0 unspecified atom stereocenters. The molecule has 4 heteroatoms. The van der Waals surface area contributed by atoms with Crippen molar-refractivity contribution in [3.05, 3.63) is 47.2 Å². The molecule has 1 amide bonds. The van der Waals surface area contributed by atoms with Crippen LogP contribution in [0.15, 0.2) is 34.7 Å². The van der Waals surface area contributed by atoms with Crippen LogP contribution in [0.2, 0.25) is 0 Å². The predicted molar refractivity (Wildman–Crippen MR) is 74.9 cm³/mol. The number of amides is 1. The van der Waals surface area contributed by atoms with Crippen LogP contribution in [0.4, 0.5) is 0 Å². The van der Waals surface area contributed by atoms with Crippen LogP contribution in [-0.4, -0.2) is 18.7 Å². The first-order valence-corrected chi connectivity index (χ1v) is 6.49. The first-order chi connectivity index (χ1) is 9.51. The van der Waals surface area contributed by atoms with Crippen LogP contribution in [0.3, 0.4) is 0 Å². The van der Waals surface area contributed by atoms with Gasteiger partial charge in [0.1, 0.15) is 5.76 Å². The Kier molecular flexibility index (Phi) is 2.74. The maximum absolute atomic E-state index is 11.9. The van der Waals surface area contributed by atoms with Gasteiger partial charge in [0.05, 0.1) is 0 Å². The molecule has 0 spiro atoms. The molecule has 1 aromatic carbocycles. The fraction of sp³-hybridized carbons (Fsp3) is 0.250. The van der Waals surface area contributed by atoms with Crippen molar-refractivity contribution in [1.82, 2.24) is 5.32 Å². The normalized spacial score (nSPS) is 16.4. The Morgan fingerprint density at radius 1 is 1.25 bits per heavy atom. The van der Waals surface area contributed by atoms with E-state index in [9.17, 15) is 9.59 Å². The molecule has 0 saturated heterocycles. The molecule has 3 rings (SSSR count). The zero-order valence-electron chi connectivity index (χ0n) is 11.4. The number of benzene rings is 1. The van der Waals surface area contributed by atoms with Gasteiger partial charge in [0.15, 0.2) is 12.0 Å². The molecule has 1 N–H and O–H groups in total. The van der Waals surface area contributed by atoms with E-state index in [-0.39, 0.29) is 11.3 Å². The summed E-state index contributed by atoms with van der Waals surface area (Å²) in [7, 11) is 0. The Balaban J connectivity index is 2.12. The molecule has 102 valence electrons. The minimum atomic E-state index is -0.126. The lowest BCUT2D eigenvalue weighted by Gasteiger charge is -2.32. The summed E-state index contributed by atoms with van der Waals surface area (Å²) in [5, 5.41) is 2.89. The molecule has 0 atom stereocenters. The largest absolute Gasteiger partial charge is 0.453 e. The minimum Gasteiger partial charge on any atom is -0.453 e. The van der Waals surface area contributed by atoms with Crippen LogP contribution in [0.1, 0.15) is 40.3 Å². The first-order valence-electron chi connectivity index (χ1n) is 6.49. The van der Waals surface area contributed by atoms with Crippen molar-refractivity contribution < 1.29 is 14.0 Å². The summed E-state index contributed by atoms with van der Waals surface area (Å²) in [5.74, 6) is 0.894. The van der Waals surface area contributed by atoms with Crippen molar-refractivity contribution in [2.75, 3.05) is 6.54 Å². The van der Waals surface area contributed by atoms with E-state index in [1.165, 1.54) is 0 Å². The van der Waals surface area contributed by atoms with E-state index in [4.69, 9.17) is 4.42 Å². The van der Waals surface area contributed by atoms with Gasteiger partial charge in [0, 0.05) is 23.1 Å². The monoisotopic (exact) mass is 269 g/mol. The van der Waals surface area contributed by atoms with Gasteiger partial charge in [-0.1, -0.05) is 19.9 Å². The van der Waals surface area contributed by atoms with Crippen LogP contribution in [0.5, 0.6) is 0 Å². The highest BCUT2D eigenvalue weighted by Gasteiger charge is 2.31. The van der Waals surface area contributed by atoms with Gasteiger partial charge in [0.25, 0.3) is 5.91 Å². The average Bonchev–Trinajstić information content (AvgIpc) is 2.92. The van der Waals surface area contributed by atoms with Crippen molar-refractivity contribution in [1.29, 1.82) is 0 Å². The third-order valence-corrected chi connectivity index (χ3v) is 3.71. The molecule has 2 aromatic rings. The van der Waals surface area contributed by atoms with Gasteiger partial charge in [-0.05, 0) is 29.8 Å². The molecular weight excluding hydrogens is 254 g/mol.